The lowest BCUT2D eigenvalue weighted by atomic mass is 10.0. The standard InChI is InChI=1S/C13H16ClN3O4S2.BrH/c1-7(18)16-23(20,21)11-6-9(4-5-10(11)14)13(19)12(15)22-8(2)17(13)3;/h4-6,8,15,19H,1-3H3,(H,16,18);1H. The third kappa shape index (κ3) is 3.63. The van der Waals surface area contributed by atoms with Gasteiger partial charge in [0.2, 0.25) is 5.91 Å². The predicted molar refractivity (Wildman–Crippen MR) is 99.2 cm³/mol. The second kappa shape index (κ2) is 7.30. The number of carbonyl (C=O) groups excluding carboxylic acids is 1. The van der Waals surface area contributed by atoms with E-state index in [2.05, 4.69) is 0 Å². The molecule has 2 rings (SSSR count). The average Bonchev–Trinajstić information content (AvgIpc) is 2.62. The van der Waals surface area contributed by atoms with E-state index in [-0.39, 0.29) is 42.9 Å². The summed E-state index contributed by atoms with van der Waals surface area (Å²) in [6, 6.07) is 3.95. The number of amides is 1. The van der Waals surface area contributed by atoms with Gasteiger partial charge in [-0.05, 0) is 26.1 Å². The van der Waals surface area contributed by atoms with E-state index in [9.17, 15) is 18.3 Å². The minimum atomic E-state index is -4.16. The number of nitrogens with one attached hydrogen (secondary N) is 2. The van der Waals surface area contributed by atoms with E-state index in [1.54, 1.807) is 11.9 Å². The Kier molecular flexibility index (Phi) is 6.51. The lowest BCUT2D eigenvalue weighted by Crippen LogP contribution is -2.45. The van der Waals surface area contributed by atoms with Crippen LogP contribution in [0.3, 0.4) is 0 Å². The molecule has 1 saturated heterocycles. The Morgan fingerprint density at radius 3 is 2.54 bits per heavy atom. The van der Waals surface area contributed by atoms with E-state index < -0.39 is 21.7 Å². The van der Waals surface area contributed by atoms with Gasteiger partial charge in [0.05, 0.1) is 10.4 Å². The summed E-state index contributed by atoms with van der Waals surface area (Å²) in [7, 11) is -2.52. The molecule has 1 amide bonds. The Balaban J connectivity index is 0.00000288. The van der Waals surface area contributed by atoms with Crippen molar-refractivity contribution in [3.05, 3.63) is 28.8 Å². The number of rotatable bonds is 3. The molecule has 3 N–H and O–H groups in total. The predicted octanol–water partition coefficient (Wildman–Crippen LogP) is 1.89. The lowest BCUT2D eigenvalue weighted by Gasteiger charge is -2.32. The first-order valence-electron chi connectivity index (χ1n) is 6.54. The van der Waals surface area contributed by atoms with E-state index >= 15 is 0 Å². The van der Waals surface area contributed by atoms with Crippen LogP contribution in [0, 0.1) is 5.41 Å². The van der Waals surface area contributed by atoms with Gasteiger partial charge in [-0.15, -0.1) is 17.0 Å². The zero-order chi connectivity index (χ0) is 17.6. The van der Waals surface area contributed by atoms with Crippen molar-refractivity contribution in [1.82, 2.24) is 9.62 Å². The van der Waals surface area contributed by atoms with Crippen LogP contribution in [0.1, 0.15) is 19.4 Å². The van der Waals surface area contributed by atoms with Gasteiger partial charge in [-0.3, -0.25) is 15.1 Å². The highest BCUT2D eigenvalue weighted by Crippen LogP contribution is 2.43. The Bertz CT molecular complexity index is 789. The Morgan fingerprint density at radius 1 is 1.50 bits per heavy atom. The monoisotopic (exact) mass is 457 g/mol. The van der Waals surface area contributed by atoms with Crippen LogP contribution < -0.4 is 4.72 Å². The second-order valence-electron chi connectivity index (χ2n) is 5.14. The number of sulfonamides is 1. The fourth-order valence-electron chi connectivity index (χ4n) is 2.26. The molecule has 11 heteroatoms. The van der Waals surface area contributed by atoms with Gasteiger partial charge in [0, 0.05) is 12.5 Å². The number of halogens is 2. The number of thioether (sulfide) groups is 1. The minimum absolute atomic E-state index is 0. The van der Waals surface area contributed by atoms with Gasteiger partial charge < -0.3 is 5.11 Å². The maximum atomic E-state index is 12.2. The summed E-state index contributed by atoms with van der Waals surface area (Å²) in [5.74, 6) is -0.750. The summed E-state index contributed by atoms with van der Waals surface area (Å²) in [4.78, 5) is 12.3. The van der Waals surface area contributed by atoms with Crippen LogP contribution in [0.15, 0.2) is 23.1 Å². The fourth-order valence-corrected chi connectivity index (χ4v) is 4.86. The maximum Gasteiger partial charge on any atom is 0.265 e. The van der Waals surface area contributed by atoms with Crippen molar-refractivity contribution in [3.8, 4) is 0 Å². The van der Waals surface area contributed by atoms with Crippen LogP contribution in [0.5, 0.6) is 0 Å². The van der Waals surface area contributed by atoms with Crippen molar-refractivity contribution in [3.63, 3.8) is 0 Å². The summed E-state index contributed by atoms with van der Waals surface area (Å²) < 4.78 is 26.2. The molecule has 0 spiro atoms. The average molecular weight is 459 g/mol. The molecule has 2 atom stereocenters. The molecule has 0 aromatic heterocycles. The Hall–Kier alpha value is -0.650. The first kappa shape index (κ1) is 21.4. The van der Waals surface area contributed by atoms with Gasteiger partial charge in [0.25, 0.3) is 10.0 Å². The zero-order valence-corrected chi connectivity index (χ0v) is 17.1. The van der Waals surface area contributed by atoms with Crippen LogP contribution in [0.25, 0.3) is 0 Å². The highest BCUT2D eigenvalue weighted by molar-refractivity contribution is 8.93. The number of hydrogen-bond acceptors (Lipinski definition) is 7. The topological polar surface area (TPSA) is 111 Å². The molecule has 0 radical (unpaired) electrons. The van der Waals surface area contributed by atoms with Gasteiger partial charge in [-0.2, -0.15) is 0 Å². The molecule has 1 aliphatic rings. The first-order chi connectivity index (χ1) is 10.5. The van der Waals surface area contributed by atoms with Crippen molar-refractivity contribution in [2.45, 2.75) is 29.8 Å². The number of nitrogens with zero attached hydrogens (tertiary/aromatic N) is 1. The highest BCUT2D eigenvalue weighted by Gasteiger charge is 2.48. The van der Waals surface area contributed by atoms with Crippen molar-refractivity contribution in [1.29, 1.82) is 5.41 Å². The number of aliphatic hydroxyl groups is 1. The molecule has 2 unspecified atom stereocenters. The zero-order valence-electron chi connectivity index (χ0n) is 13.0. The van der Waals surface area contributed by atoms with Crippen LogP contribution >= 0.6 is 40.3 Å². The normalized spacial score (nSPS) is 24.5. The lowest BCUT2D eigenvalue weighted by molar-refractivity contribution is -0.117. The van der Waals surface area contributed by atoms with Gasteiger partial charge in [-0.25, -0.2) is 13.1 Å². The fraction of sp³-hybridized carbons (Fsp3) is 0.385. The summed E-state index contributed by atoms with van der Waals surface area (Å²) in [6.45, 7) is 2.89. The summed E-state index contributed by atoms with van der Waals surface area (Å²) >= 11 is 7.10. The van der Waals surface area contributed by atoms with Crippen molar-refractivity contribution in [2.75, 3.05) is 7.05 Å². The molecule has 0 bridgehead atoms. The molecule has 0 saturated carbocycles. The summed E-state index contributed by atoms with van der Waals surface area (Å²) in [5.41, 5.74) is -1.55. The van der Waals surface area contributed by atoms with E-state index in [1.807, 2.05) is 11.6 Å². The van der Waals surface area contributed by atoms with Gasteiger partial charge >= 0.3 is 0 Å². The molecular weight excluding hydrogens is 442 g/mol. The Morgan fingerprint density at radius 2 is 2.08 bits per heavy atom. The smallest absolute Gasteiger partial charge is 0.265 e. The Labute approximate surface area is 160 Å². The highest BCUT2D eigenvalue weighted by atomic mass is 79.9. The van der Waals surface area contributed by atoms with Gasteiger partial charge in [0.15, 0.2) is 5.72 Å². The van der Waals surface area contributed by atoms with Gasteiger partial charge in [0.1, 0.15) is 9.94 Å². The number of benzene rings is 1. The van der Waals surface area contributed by atoms with E-state index in [0.29, 0.717) is 0 Å². The molecule has 1 fully saturated rings. The van der Waals surface area contributed by atoms with Crippen molar-refractivity contribution < 1.29 is 18.3 Å². The quantitative estimate of drug-likeness (QED) is 0.638. The van der Waals surface area contributed by atoms with Gasteiger partial charge in [-0.1, -0.05) is 29.4 Å². The molecule has 0 aliphatic carbocycles. The van der Waals surface area contributed by atoms with Crippen molar-refractivity contribution in [2.24, 2.45) is 0 Å². The molecular formula is C13H17BrClN3O4S2. The number of carbonyl (C=O) groups is 1. The third-order valence-corrected chi connectivity index (χ3v) is 6.65. The largest absolute Gasteiger partial charge is 0.366 e. The third-order valence-electron chi connectivity index (χ3n) is 3.56. The SMILES string of the molecule is Br.CC(=O)NS(=O)(=O)c1cc(C2(O)C(=N)SC(C)N2C)ccc1Cl. The van der Waals surface area contributed by atoms with Crippen LogP contribution in [-0.4, -0.2) is 41.8 Å². The maximum absolute atomic E-state index is 12.2. The molecule has 1 heterocycles. The molecule has 1 aliphatic heterocycles. The van der Waals surface area contributed by atoms with E-state index in [1.165, 1.54) is 30.0 Å². The summed E-state index contributed by atoms with van der Waals surface area (Å²) in [6.07, 6.45) is 0. The summed E-state index contributed by atoms with van der Waals surface area (Å²) in [5, 5.41) is 18.6. The molecule has 134 valence electrons. The minimum Gasteiger partial charge on any atom is -0.366 e. The van der Waals surface area contributed by atoms with Crippen LogP contribution in [-0.2, 0) is 20.5 Å². The van der Waals surface area contributed by atoms with E-state index in [4.69, 9.17) is 17.0 Å². The molecule has 1 aromatic rings. The molecule has 24 heavy (non-hydrogen) atoms. The van der Waals surface area contributed by atoms with E-state index in [0.717, 1.165) is 6.92 Å². The van der Waals surface area contributed by atoms with Crippen LogP contribution in [0.4, 0.5) is 0 Å². The molecule has 7 nitrogen and oxygen atoms in total. The van der Waals surface area contributed by atoms with Crippen LogP contribution in [0.2, 0.25) is 5.02 Å². The number of hydrogen-bond donors (Lipinski definition) is 3. The molecule has 1 aromatic carbocycles. The first-order valence-corrected chi connectivity index (χ1v) is 9.28. The second-order valence-corrected chi connectivity index (χ2v) is 8.52. The van der Waals surface area contributed by atoms with Crippen molar-refractivity contribution >= 4 is 61.3 Å².